The van der Waals surface area contributed by atoms with Gasteiger partial charge in [0, 0.05) is 19.8 Å². The van der Waals surface area contributed by atoms with Gasteiger partial charge in [-0.05, 0) is 5.57 Å². The number of oxime groups is 1. The molecule has 1 saturated heterocycles. The molecule has 12 nitrogen and oxygen atoms in total. The van der Waals surface area contributed by atoms with E-state index in [4.69, 9.17) is 21.1 Å². The second-order valence-corrected chi connectivity index (χ2v) is 7.48. The first-order chi connectivity index (χ1) is 14.8. The Labute approximate surface area is 186 Å². The van der Waals surface area contributed by atoms with Crippen molar-refractivity contribution in [2.45, 2.75) is 18.3 Å². The highest BCUT2D eigenvalue weighted by molar-refractivity contribution is 8.00. The van der Waals surface area contributed by atoms with Gasteiger partial charge in [-0.2, -0.15) is 0 Å². The molecular weight excluding hydrogens is 458 g/mol. The molecular formula is C17H20ClN3O9S. The summed E-state index contributed by atoms with van der Waals surface area (Å²) in [5.74, 6) is -4.02. The predicted octanol–water partition coefficient (Wildman–Crippen LogP) is -0.839. The van der Waals surface area contributed by atoms with E-state index in [9.17, 15) is 24.0 Å². The Morgan fingerprint density at radius 2 is 1.97 bits per heavy atom. The van der Waals surface area contributed by atoms with Crippen LogP contribution in [0.5, 0.6) is 0 Å². The van der Waals surface area contributed by atoms with E-state index in [0.29, 0.717) is 11.3 Å². The number of hydrogen-bond acceptors (Lipinski definition) is 11. The molecule has 2 heterocycles. The topological polar surface area (TPSA) is 150 Å². The van der Waals surface area contributed by atoms with Crippen molar-refractivity contribution in [2.24, 2.45) is 5.16 Å². The molecule has 0 spiro atoms. The highest BCUT2D eigenvalue weighted by Gasteiger charge is 2.54. The molecule has 0 aromatic heterocycles. The zero-order valence-corrected chi connectivity index (χ0v) is 18.4. The molecule has 1 unspecified atom stereocenters. The maximum absolute atomic E-state index is 12.7. The molecule has 170 valence electrons. The maximum atomic E-state index is 12.7. The van der Waals surface area contributed by atoms with E-state index in [-0.39, 0.29) is 12.3 Å². The zero-order chi connectivity index (χ0) is 23.1. The number of carbonyl (C=O) groups excluding carboxylic acids is 5. The molecule has 2 aliphatic heterocycles. The molecule has 0 bridgehead atoms. The molecule has 1 N–H and O–H groups in total. The van der Waals surface area contributed by atoms with Crippen LogP contribution in [0.2, 0.25) is 0 Å². The number of esters is 2. The van der Waals surface area contributed by atoms with Crippen LogP contribution in [-0.4, -0.2) is 90.8 Å². The number of amides is 2. The molecule has 0 aromatic carbocycles. The van der Waals surface area contributed by atoms with Gasteiger partial charge in [0.25, 0.3) is 11.8 Å². The summed E-state index contributed by atoms with van der Waals surface area (Å²) in [7, 11) is 2.58. The number of hydrogen-bond donors (Lipinski definition) is 1. The Hall–Kier alpha value is -2.64. The number of β-lactam (4-membered cyclic amide) rings is 1. The normalized spacial score (nSPS) is 20.5. The fourth-order valence-corrected chi connectivity index (χ4v) is 4.23. The average Bonchev–Trinajstić information content (AvgIpc) is 2.74. The van der Waals surface area contributed by atoms with Crippen LogP contribution in [0.25, 0.3) is 0 Å². The third kappa shape index (κ3) is 5.54. The van der Waals surface area contributed by atoms with Crippen molar-refractivity contribution >= 4 is 58.6 Å². The van der Waals surface area contributed by atoms with Gasteiger partial charge in [0.05, 0.1) is 12.5 Å². The minimum Gasteiger partial charge on any atom is -0.428 e. The Bertz CT molecular complexity index is 845. The molecule has 2 atom stereocenters. The van der Waals surface area contributed by atoms with E-state index < -0.39 is 59.3 Å². The maximum Gasteiger partial charge on any atom is 0.358 e. The van der Waals surface area contributed by atoms with Crippen LogP contribution in [0.3, 0.4) is 0 Å². The monoisotopic (exact) mass is 477 g/mol. The molecule has 2 aliphatic rings. The first-order valence-corrected chi connectivity index (χ1v) is 10.3. The van der Waals surface area contributed by atoms with E-state index >= 15 is 0 Å². The Balaban J connectivity index is 2.18. The number of ether oxygens (including phenoxy) is 3. The molecule has 0 aromatic rings. The number of nitrogens with one attached hydrogen (secondary N) is 1. The fourth-order valence-electron chi connectivity index (χ4n) is 2.77. The third-order valence-corrected chi connectivity index (χ3v) is 5.66. The van der Waals surface area contributed by atoms with Gasteiger partial charge in [-0.25, -0.2) is 4.79 Å². The second kappa shape index (κ2) is 11.1. The number of Topliss-reactive ketones (excluding diaryl/α,β-unsaturated/α-hetero) is 1. The lowest BCUT2D eigenvalue weighted by Crippen LogP contribution is -2.71. The zero-order valence-electron chi connectivity index (χ0n) is 16.8. The molecule has 14 heteroatoms. The van der Waals surface area contributed by atoms with Crippen LogP contribution < -0.4 is 5.32 Å². The van der Waals surface area contributed by atoms with E-state index in [0.717, 1.165) is 14.0 Å². The van der Waals surface area contributed by atoms with Crippen molar-refractivity contribution in [3.8, 4) is 0 Å². The standard InChI is InChI=1S/C17H20ClN3O9S/c1-8(22)29-7-30-17(26)13-9(5-27-2)6-31-16-12(15(25)21(13)16)19-14(24)11(20-28-3)10(23)4-18/h12,16H,4-7H2,1-3H3,(H,19,24)/t12?,16-/m1/s1. The Kier molecular flexibility index (Phi) is 8.83. The van der Waals surface area contributed by atoms with Crippen LogP contribution in [0.4, 0.5) is 0 Å². The molecule has 2 rings (SSSR count). The molecule has 0 aliphatic carbocycles. The largest absolute Gasteiger partial charge is 0.428 e. The second-order valence-electron chi connectivity index (χ2n) is 6.11. The number of carbonyl (C=O) groups is 5. The molecule has 2 amide bonds. The van der Waals surface area contributed by atoms with E-state index in [1.165, 1.54) is 23.8 Å². The van der Waals surface area contributed by atoms with Gasteiger partial charge in [0.1, 0.15) is 24.2 Å². The van der Waals surface area contributed by atoms with Crippen molar-refractivity contribution in [1.82, 2.24) is 10.2 Å². The highest BCUT2D eigenvalue weighted by atomic mass is 35.5. The van der Waals surface area contributed by atoms with Crippen molar-refractivity contribution in [2.75, 3.05) is 39.3 Å². The first-order valence-electron chi connectivity index (χ1n) is 8.74. The first kappa shape index (κ1) is 24.6. The minimum atomic E-state index is -1.02. The summed E-state index contributed by atoms with van der Waals surface area (Å²) in [6.07, 6.45) is 0. The van der Waals surface area contributed by atoms with Gasteiger partial charge in [0.15, 0.2) is 0 Å². The lowest BCUT2D eigenvalue weighted by molar-refractivity contribution is -0.166. The Morgan fingerprint density at radius 1 is 1.26 bits per heavy atom. The minimum absolute atomic E-state index is 0.0455. The molecule has 0 radical (unpaired) electrons. The van der Waals surface area contributed by atoms with E-state index in [1.807, 2.05) is 0 Å². The quantitative estimate of drug-likeness (QED) is 0.0802. The number of nitrogens with zero attached hydrogens (tertiary/aromatic N) is 2. The summed E-state index contributed by atoms with van der Waals surface area (Å²) in [6.45, 7) is 0.599. The predicted molar refractivity (Wildman–Crippen MR) is 107 cm³/mol. The molecule has 0 saturated carbocycles. The van der Waals surface area contributed by atoms with E-state index in [1.54, 1.807) is 0 Å². The third-order valence-electron chi connectivity index (χ3n) is 4.08. The van der Waals surface area contributed by atoms with Crippen LogP contribution >= 0.6 is 23.4 Å². The van der Waals surface area contributed by atoms with Crippen LogP contribution in [0.1, 0.15) is 6.92 Å². The number of halogens is 1. The van der Waals surface area contributed by atoms with Crippen LogP contribution in [0, 0.1) is 0 Å². The number of alkyl halides is 1. The van der Waals surface area contributed by atoms with Gasteiger partial charge in [-0.1, -0.05) is 5.16 Å². The van der Waals surface area contributed by atoms with Gasteiger partial charge >= 0.3 is 11.9 Å². The molecule has 31 heavy (non-hydrogen) atoms. The van der Waals surface area contributed by atoms with Crippen molar-refractivity contribution in [3.05, 3.63) is 11.3 Å². The SMILES string of the molecule is COCC1=C(C(=O)OCOC(C)=O)N2C(=O)C(NC(=O)C(=NOC)C(=O)CCl)[C@H]2SC1. The van der Waals surface area contributed by atoms with Crippen LogP contribution in [0.15, 0.2) is 16.4 Å². The van der Waals surface area contributed by atoms with Crippen molar-refractivity contribution in [3.63, 3.8) is 0 Å². The summed E-state index contributed by atoms with van der Waals surface area (Å²) in [4.78, 5) is 66.0. The summed E-state index contributed by atoms with van der Waals surface area (Å²) >= 11 is 6.75. The van der Waals surface area contributed by atoms with Gasteiger partial charge in [-0.3, -0.25) is 24.1 Å². The average molecular weight is 478 g/mol. The van der Waals surface area contributed by atoms with Crippen molar-refractivity contribution in [1.29, 1.82) is 0 Å². The smallest absolute Gasteiger partial charge is 0.358 e. The van der Waals surface area contributed by atoms with Gasteiger partial charge in [-0.15, -0.1) is 23.4 Å². The number of methoxy groups -OCH3 is 1. The lowest BCUT2D eigenvalue weighted by Gasteiger charge is -2.49. The molecule has 1 fully saturated rings. The lowest BCUT2D eigenvalue weighted by atomic mass is 10.0. The fraction of sp³-hybridized carbons (Fsp3) is 0.529. The number of ketones is 1. The number of fused-ring (bicyclic) bond motifs is 1. The van der Waals surface area contributed by atoms with Gasteiger partial charge < -0.3 is 24.4 Å². The van der Waals surface area contributed by atoms with Crippen molar-refractivity contribution < 1.29 is 43.0 Å². The van der Waals surface area contributed by atoms with Crippen LogP contribution in [-0.2, 0) is 43.0 Å². The summed E-state index contributed by atoms with van der Waals surface area (Å²) in [5, 5.41) is 5.14. The Morgan fingerprint density at radius 3 is 2.55 bits per heavy atom. The number of rotatable bonds is 10. The number of thioether (sulfide) groups is 1. The van der Waals surface area contributed by atoms with E-state index in [2.05, 4.69) is 20.0 Å². The summed E-state index contributed by atoms with van der Waals surface area (Å²) in [6, 6.07) is -1.02. The summed E-state index contributed by atoms with van der Waals surface area (Å²) in [5.41, 5.74) is -0.134. The van der Waals surface area contributed by atoms with Gasteiger partial charge in [0.2, 0.25) is 18.3 Å². The summed E-state index contributed by atoms with van der Waals surface area (Å²) < 4.78 is 14.6. The highest BCUT2D eigenvalue weighted by Crippen LogP contribution is 2.40.